The minimum atomic E-state index is 0.688. The number of rotatable bonds is 0. The Hall–Kier alpha value is -1.93. The van der Waals surface area contributed by atoms with Gasteiger partial charge in [0.2, 0.25) is 5.88 Å². The first kappa shape index (κ1) is 10.0. The van der Waals surface area contributed by atoms with E-state index in [0.29, 0.717) is 5.02 Å². The third kappa shape index (κ3) is 1.24. The van der Waals surface area contributed by atoms with Crippen molar-refractivity contribution in [3.63, 3.8) is 0 Å². The van der Waals surface area contributed by atoms with Crippen LogP contribution in [-0.4, -0.2) is 6.54 Å². The summed E-state index contributed by atoms with van der Waals surface area (Å²) in [7, 11) is 0. The van der Waals surface area contributed by atoms with Gasteiger partial charge < -0.3 is 9.73 Å². The molecule has 3 aromatic rings. The average Bonchev–Trinajstić information content (AvgIpc) is 2.79. The highest BCUT2D eigenvalue weighted by atomic mass is 35.5. The quantitative estimate of drug-likeness (QED) is 0.631. The molecular formula is C15H10ClNO. The molecule has 0 radical (unpaired) electrons. The first-order valence-corrected chi connectivity index (χ1v) is 6.26. The van der Waals surface area contributed by atoms with Crippen LogP contribution in [0.5, 0.6) is 0 Å². The molecule has 0 aliphatic carbocycles. The summed E-state index contributed by atoms with van der Waals surface area (Å²) in [6, 6.07) is 10.2. The number of benzene rings is 2. The summed E-state index contributed by atoms with van der Waals surface area (Å²) in [5, 5.41) is 7.14. The Kier molecular flexibility index (Phi) is 1.97. The van der Waals surface area contributed by atoms with E-state index >= 15 is 0 Å². The van der Waals surface area contributed by atoms with Gasteiger partial charge in [0.1, 0.15) is 0 Å². The van der Waals surface area contributed by atoms with E-state index in [9.17, 15) is 0 Å². The zero-order valence-corrected chi connectivity index (χ0v) is 10.3. The number of hydrogen-bond acceptors (Lipinski definition) is 2. The second-order valence-corrected chi connectivity index (χ2v) is 4.79. The Balaban J connectivity index is 2.22. The molecule has 2 nitrogen and oxygen atoms in total. The van der Waals surface area contributed by atoms with Gasteiger partial charge in [-0.2, -0.15) is 0 Å². The smallest absolute Gasteiger partial charge is 0.201 e. The predicted molar refractivity (Wildman–Crippen MR) is 76.3 cm³/mol. The normalized spacial score (nSPS) is 13.8. The summed E-state index contributed by atoms with van der Waals surface area (Å²) in [6.07, 6.45) is 4.17. The fourth-order valence-electron chi connectivity index (χ4n) is 2.49. The molecule has 0 fully saturated rings. The van der Waals surface area contributed by atoms with Gasteiger partial charge in [-0.25, -0.2) is 0 Å². The molecule has 0 amide bonds. The third-order valence-corrected chi connectivity index (χ3v) is 3.72. The van der Waals surface area contributed by atoms with Crippen LogP contribution in [0.3, 0.4) is 0 Å². The van der Waals surface area contributed by atoms with Crippen LogP contribution in [-0.2, 0) is 0 Å². The number of fused-ring (bicyclic) bond motifs is 4. The van der Waals surface area contributed by atoms with Gasteiger partial charge in [0.05, 0.1) is 5.02 Å². The highest BCUT2D eigenvalue weighted by Crippen LogP contribution is 2.40. The van der Waals surface area contributed by atoms with Crippen LogP contribution in [0.2, 0.25) is 5.02 Å². The molecule has 1 aromatic heterocycles. The molecule has 4 rings (SSSR count). The second-order valence-electron chi connectivity index (χ2n) is 4.42. The lowest BCUT2D eigenvalue weighted by atomic mass is 10.0. The minimum Gasteiger partial charge on any atom is -0.438 e. The van der Waals surface area contributed by atoms with Gasteiger partial charge in [-0.3, -0.25) is 0 Å². The molecule has 0 saturated carbocycles. The third-order valence-electron chi connectivity index (χ3n) is 3.34. The fourth-order valence-corrected chi connectivity index (χ4v) is 2.80. The van der Waals surface area contributed by atoms with Crippen molar-refractivity contribution in [2.24, 2.45) is 0 Å². The van der Waals surface area contributed by atoms with E-state index in [1.807, 2.05) is 18.2 Å². The number of hydrogen-bond donors (Lipinski definition) is 1. The maximum Gasteiger partial charge on any atom is 0.201 e. The molecule has 2 aromatic carbocycles. The van der Waals surface area contributed by atoms with Crippen LogP contribution in [0.4, 0.5) is 5.88 Å². The van der Waals surface area contributed by atoms with Gasteiger partial charge in [0.15, 0.2) is 5.58 Å². The van der Waals surface area contributed by atoms with E-state index in [1.54, 1.807) is 0 Å². The van der Waals surface area contributed by atoms with Gasteiger partial charge in [-0.05, 0) is 11.5 Å². The summed E-state index contributed by atoms with van der Waals surface area (Å²) >= 11 is 6.45. The molecule has 0 unspecified atom stereocenters. The molecule has 0 bridgehead atoms. The largest absolute Gasteiger partial charge is 0.438 e. The highest BCUT2D eigenvalue weighted by Gasteiger charge is 2.17. The molecule has 1 aliphatic heterocycles. The maximum absolute atomic E-state index is 6.45. The van der Waals surface area contributed by atoms with Crippen LogP contribution in [0.1, 0.15) is 5.56 Å². The Morgan fingerprint density at radius 2 is 2.06 bits per heavy atom. The van der Waals surface area contributed by atoms with Gasteiger partial charge in [-0.15, -0.1) is 0 Å². The van der Waals surface area contributed by atoms with Crippen LogP contribution in [0, 0.1) is 0 Å². The van der Waals surface area contributed by atoms with Crippen molar-refractivity contribution in [2.75, 3.05) is 11.9 Å². The zero-order chi connectivity index (χ0) is 12.1. The SMILES string of the molecule is Clc1c2ccccc2cc2c3c(oc12)NCC=C3. The molecule has 1 N–H and O–H groups in total. The molecule has 1 aliphatic rings. The lowest BCUT2D eigenvalue weighted by Gasteiger charge is -2.04. The Bertz CT molecular complexity index is 801. The molecule has 88 valence electrons. The fraction of sp³-hybridized carbons (Fsp3) is 0.0667. The van der Waals surface area contributed by atoms with Crippen LogP contribution < -0.4 is 5.32 Å². The van der Waals surface area contributed by atoms with Crippen LogP contribution in [0.25, 0.3) is 27.8 Å². The predicted octanol–water partition coefficient (Wildman–Crippen LogP) is 4.68. The number of nitrogens with one attached hydrogen (secondary N) is 1. The molecule has 18 heavy (non-hydrogen) atoms. The van der Waals surface area contributed by atoms with Crippen LogP contribution >= 0.6 is 11.6 Å². The van der Waals surface area contributed by atoms with E-state index in [-0.39, 0.29) is 0 Å². The molecule has 0 saturated heterocycles. The summed E-state index contributed by atoms with van der Waals surface area (Å²) < 4.78 is 5.84. The van der Waals surface area contributed by atoms with Crippen molar-refractivity contribution >= 4 is 45.3 Å². The van der Waals surface area contributed by atoms with Gasteiger partial charge in [0, 0.05) is 22.9 Å². The molecule has 3 heteroatoms. The molecule has 2 heterocycles. The molecular weight excluding hydrogens is 246 g/mol. The van der Waals surface area contributed by atoms with E-state index in [0.717, 1.165) is 39.7 Å². The zero-order valence-electron chi connectivity index (χ0n) is 9.53. The van der Waals surface area contributed by atoms with E-state index in [4.69, 9.17) is 16.0 Å². The van der Waals surface area contributed by atoms with E-state index in [1.165, 1.54) is 0 Å². The first-order valence-electron chi connectivity index (χ1n) is 5.89. The van der Waals surface area contributed by atoms with Crippen molar-refractivity contribution < 1.29 is 4.42 Å². The van der Waals surface area contributed by atoms with Crippen molar-refractivity contribution in [3.8, 4) is 0 Å². The second kappa shape index (κ2) is 3.53. The monoisotopic (exact) mass is 255 g/mol. The Labute approximate surface area is 109 Å². The molecule has 0 atom stereocenters. The summed E-state index contributed by atoms with van der Waals surface area (Å²) in [5.41, 5.74) is 1.85. The summed E-state index contributed by atoms with van der Waals surface area (Å²) in [5.74, 6) is 0.810. The van der Waals surface area contributed by atoms with Crippen molar-refractivity contribution in [3.05, 3.63) is 47.0 Å². The topological polar surface area (TPSA) is 25.2 Å². The Morgan fingerprint density at radius 3 is 3.00 bits per heavy atom. The lowest BCUT2D eigenvalue weighted by molar-refractivity contribution is 0.628. The summed E-state index contributed by atoms with van der Waals surface area (Å²) in [4.78, 5) is 0. The van der Waals surface area contributed by atoms with Crippen LogP contribution in [0.15, 0.2) is 40.8 Å². The first-order chi connectivity index (χ1) is 8.84. The maximum atomic E-state index is 6.45. The van der Waals surface area contributed by atoms with E-state index in [2.05, 4.69) is 29.6 Å². The number of halogens is 1. The number of anilines is 1. The van der Waals surface area contributed by atoms with E-state index < -0.39 is 0 Å². The van der Waals surface area contributed by atoms with Crippen molar-refractivity contribution in [1.82, 2.24) is 0 Å². The standard InChI is InChI=1S/C15H10ClNO/c16-13-10-5-2-1-4-9(10)8-12-11-6-3-7-17-15(11)18-14(12)13/h1-6,8,17H,7H2. The van der Waals surface area contributed by atoms with Gasteiger partial charge in [-0.1, -0.05) is 48.0 Å². The molecule has 0 spiro atoms. The summed E-state index contributed by atoms with van der Waals surface area (Å²) in [6.45, 7) is 0.796. The van der Waals surface area contributed by atoms with Gasteiger partial charge in [0.25, 0.3) is 0 Å². The van der Waals surface area contributed by atoms with Gasteiger partial charge >= 0.3 is 0 Å². The Morgan fingerprint density at radius 1 is 1.17 bits per heavy atom. The number of furan rings is 1. The van der Waals surface area contributed by atoms with Crippen molar-refractivity contribution in [1.29, 1.82) is 0 Å². The highest BCUT2D eigenvalue weighted by molar-refractivity contribution is 6.40. The van der Waals surface area contributed by atoms with Crippen molar-refractivity contribution in [2.45, 2.75) is 0 Å². The minimum absolute atomic E-state index is 0.688. The average molecular weight is 256 g/mol. The lowest BCUT2D eigenvalue weighted by Crippen LogP contribution is -2.01.